The Labute approximate surface area is 167 Å². The number of ether oxygens (including phenoxy) is 1. The first kappa shape index (κ1) is 17.3. The Bertz CT molecular complexity index is 1190. The molecule has 0 spiro atoms. The lowest BCUT2D eigenvalue weighted by Crippen LogP contribution is -2.43. The van der Waals surface area contributed by atoms with Gasteiger partial charge in [0.1, 0.15) is 18.1 Å². The van der Waals surface area contributed by atoms with E-state index >= 15 is 0 Å². The van der Waals surface area contributed by atoms with Gasteiger partial charge < -0.3 is 10.1 Å². The number of benzene rings is 1. The van der Waals surface area contributed by atoms with E-state index in [0.717, 1.165) is 28.0 Å². The molecule has 1 aliphatic heterocycles. The average Bonchev–Trinajstić information content (AvgIpc) is 2.79. The molecule has 1 amide bonds. The molecule has 6 heteroatoms. The van der Waals surface area contributed by atoms with Crippen LogP contribution in [0.3, 0.4) is 0 Å². The van der Waals surface area contributed by atoms with Gasteiger partial charge >= 0.3 is 0 Å². The van der Waals surface area contributed by atoms with Crippen LogP contribution in [0.1, 0.15) is 16.1 Å². The van der Waals surface area contributed by atoms with Crippen molar-refractivity contribution in [2.75, 3.05) is 6.61 Å². The van der Waals surface area contributed by atoms with E-state index in [-0.39, 0.29) is 11.9 Å². The normalized spacial score (nSPS) is 15.4. The number of aromatic nitrogens is 3. The van der Waals surface area contributed by atoms with E-state index in [2.05, 4.69) is 26.3 Å². The lowest BCUT2D eigenvalue weighted by Gasteiger charge is -2.27. The molecule has 5 rings (SSSR count). The fourth-order valence-electron chi connectivity index (χ4n) is 3.64. The molecule has 0 saturated carbocycles. The number of nitrogens with one attached hydrogen (secondary N) is 1. The number of hydrogen-bond acceptors (Lipinski definition) is 5. The smallest absolute Gasteiger partial charge is 0.270 e. The van der Waals surface area contributed by atoms with Gasteiger partial charge in [-0.25, -0.2) is 4.98 Å². The highest BCUT2D eigenvalue weighted by Crippen LogP contribution is 2.34. The van der Waals surface area contributed by atoms with Crippen LogP contribution in [-0.2, 0) is 6.42 Å². The molecular formula is C23H18N4O2. The number of carbonyl (C=O) groups is 1. The van der Waals surface area contributed by atoms with Crippen molar-refractivity contribution in [3.05, 3.63) is 84.4 Å². The van der Waals surface area contributed by atoms with Gasteiger partial charge in [0, 0.05) is 36.1 Å². The number of rotatable bonds is 3. The van der Waals surface area contributed by atoms with Crippen molar-refractivity contribution in [1.82, 2.24) is 20.3 Å². The van der Waals surface area contributed by atoms with Crippen molar-refractivity contribution in [3.63, 3.8) is 0 Å². The average molecular weight is 382 g/mol. The number of nitrogens with zero attached hydrogens (tertiary/aromatic N) is 3. The zero-order chi connectivity index (χ0) is 19.6. The van der Waals surface area contributed by atoms with E-state index in [1.807, 2.05) is 48.7 Å². The Balaban J connectivity index is 1.38. The minimum atomic E-state index is -0.216. The molecule has 0 radical (unpaired) electrons. The number of carbonyl (C=O) groups excluding carboxylic acids is 1. The van der Waals surface area contributed by atoms with Crippen molar-refractivity contribution in [2.24, 2.45) is 0 Å². The van der Waals surface area contributed by atoms with E-state index in [9.17, 15) is 4.79 Å². The maximum atomic E-state index is 12.8. The van der Waals surface area contributed by atoms with Crippen LogP contribution >= 0.6 is 0 Å². The first-order valence-corrected chi connectivity index (χ1v) is 9.46. The topological polar surface area (TPSA) is 77.0 Å². The first-order chi connectivity index (χ1) is 14.3. The van der Waals surface area contributed by atoms with Gasteiger partial charge in [-0.1, -0.05) is 18.2 Å². The third-order valence-corrected chi connectivity index (χ3v) is 5.02. The Morgan fingerprint density at radius 3 is 2.83 bits per heavy atom. The molecule has 1 atom stereocenters. The summed E-state index contributed by atoms with van der Waals surface area (Å²) in [4.78, 5) is 25.6. The van der Waals surface area contributed by atoms with Crippen LogP contribution in [0, 0.1) is 0 Å². The lowest BCUT2D eigenvalue weighted by atomic mass is 9.93. The summed E-state index contributed by atoms with van der Waals surface area (Å²) in [5.74, 6) is 0.637. The highest BCUT2D eigenvalue weighted by molar-refractivity contribution is 5.94. The lowest BCUT2D eigenvalue weighted by molar-refractivity contribution is 0.0911. The molecule has 1 aliphatic rings. The largest absolute Gasteiger partial charge is 0.491 e. The molecule has 142 valence electrons. The molecule has 29 heavy (non-hydrogen) atoms. The van der Waals surface area contributed by atoms with Gasteiger partial charge in [-0.2, -0.15) is 0 Å². The predicted octanol–water partition coefficient (Wildman–Crippen LogP) is 3.43. The molecule has 1 aromatic carbocycles. The van der Waals surface area contributed by atoms with E-state index in [1.165, 1.54) is 0 Å². The summed E-state index contributed by atoms with van der Waals surface area (Å²) >= 11 is 0. The number of hydrogen-bond donors (Lipinski definition) is 1. The van der Waals surface area contributed by atoms with Crippen LogP contribution in [0.15, 0.2) is 73.2 Å². The van der Waals surface area contributed by atoms with Crippen LogP contribution in [0.25, 0.3) is 22.2 Å². The van der Waals surface area contributed by atoms with Crippen LogP contribution < -0.4 is 10.1 Å². The zero-order valence-corrected chi connectivity index (χ0v) is 15.6. The van der Waals surface area contributed by atoms with Crippen LogP contribution in [0.5, 0.6) is 5.75 Å². The van der Waals surface area contributed by atoms with E-state index in [0.29, 0.717) is 24.2 Å². The monoisotopic (exact) mass is 382 g/mol. The third-order valence-electron chi connectivity index (χ3n) is 5.02. The minimum absolute atomic E-state index is 0.140. The molecule has 0 aliphatic carbocycles. The molecule has 0 saturated heterocycles. The van der Waals surface area contributed by atoms with Gasteiger partial charge in [0.15, 0.2) is 0 Å². The number of fused-ring (bicyclic) bond motifs is 2. The van der Waals surface area contributed by atoms with Crippen molar-refractivity contribution in [2.45, 2.75) is 12.5 Å². The summed E-state index contributed by atoms with van der Waals surface area (Å²) < 4.78 is 5.94. The van der Waals surface area contributed by atoms with Crippen LogP contribution in [0.2, 0.25) is 0 Å². The molecule has 0 fully saturated rings. The quantitative estimate of drug-likeness (QED) is 0.587. The van der Waals surface area contributed by atoms with E-state index in [4.69, 9.17) is 4.74 Å². The fourth-order valence-corrected chi connectivity index (χ4v) is 3.64. The minimum Gasteiger partial charge on any atom is -0.491 e. The second-order valence-electron chi connectivity index (χ2n) is 6.95. The summed E-state index contributed by atoms with van der Waals surface area (Å²) in [6, 6.07) is 17.0. The molecule has 3 aromatic heterocycles. The molecule has 4 heterocycles. The van der Waals surface area contributed by atoms with E-state index < -0.39 is 0 Å². The Morgan fingerprint density at radius 1 is 1.00 bits per heavy atom. The van der Waals surface area contributed by atoms with Gasteiger partial charge in [-0.15, -0.1) is 0 Å². The molecular weight excluding hydrogens is 364 g/mol. The summed E-state index contributed by atoms with van der Waals surface area (Å²) in [7, 11) is 0. The summed E-state index contributed by atoms with van der Waals surface area (Å²) in [5.41, 5.74) is 5.02. The van der Waals surface area contributed by atoms with Crippen molar-refractivity contribution in [3.8, 4) is 16.9 Å². The fraction of sp³-hybridized carbons (Fsp3) is 0.130. The predicted molar refractivity (Wildman–Crippen MR) is 110 cm³/mol. The van der Waals surface area contributed by atoms with Crippen LogP contribution in [0.4, 0.5) is 0 Å². The Morgan fingerprint density at radius 2 is 1.93 bits per heavy atom. The number of amides is 1. The van der Waals surface area contributed by atoms with E-state index in [1.54, 1.807) is 18.5 Å². The van der Waals surface area contributed by atoms with Gasteiger partial charge in [-0.05, 0) is 42.0 Å². The second kappa shape index (κ2) is 7.31. The van der Waals surface area contributed by atoms with Crippen LogP contribution in [-0.4, -0.2) is 33.5 Å². The summed E-state index contributed by atoms with van der Waals surface area (Å²) in [5, 5.41) is 3.06. The highest BCUT2D eigenvalue weighted by atomic mass is 16.5. The van der Waals surface area contributed by atoms with Gasteiger partial charge in [0.25, 0.3) is 5.91 Å². The summed E-state index contributed by atoms with van der Waals surface area (Å²) in [6.45, 7) is 0.421. The first-order valence-electron chi connectivity index (χ1n) is 9.46. The van der Waals surface area contributed by atoms with Crippen molar-refractivity contribution in [1.29, 1.82) is 0 Å². The van der Waals surface area contributed by atoms with Crippen molar-refractivity contribution >= 4 is 16.9 Å². The number of pyridine rings is 3. The van der Waals surface area contributed by atoms with Crippen molar-refractivity contribution < 1.29 is 9.53 Å². The molecule has 0 unspecified atom stereocenters. The van der Waals surface area contributed by atoms with Gasteiger partial charge in [-0.3, -0.25) is 14.8 Å². The van der Waals surface area contributed by atoms with Gasteiger partial charge in [0.2, 0.25) is 0 Å². The SMILES string of the molecule is O=C(N[C@@H]1COc2cccc(-c3cccnc3)c2C1)c1ccc2ncccc2n1. The molecule has 6 nitrogen and oxygen atoms in total. The third kappa shape index (κ3) is 3.40. The van der Waals surface area contributed by atoms with Gasteiger partial charge in [0.05, 0.1) is 17.1 Å². The Hall–Kier alpha value is -3.80. The maximum Gasteiger partial charge on any atom is 0.270 e. The highest BCUT2D eigenvalue weighted by Gasteiger charge is 2.25. The molecule has 0 bridgehead atoms. The molecule has 1 N–H and O–H groups in total. The standard InChI is InChI=1S/C23H18N4O2/c28-23(21-9-8-19-20(27-21)6-3-11-25-19)26-16-12-18-17(15-4-2-10-24-13-15)5-1-7-22(18)29-14-16/h1-11,13,16H,12,14H2,(H,26,28)/t16-/m0/s1. The second-order valence-corrected chi connectivity index (χ2v) is 6.95. The maximum absolute atomic E-state index is 12.8. The summed E-state index contributed by atoms with van der Waals surface area (Å²) in [6.07, 6.45) is 5.98. The molecule has 4 aromatic rings. The Kier molecular flexibility index (Phi) is 4.37. The zero-order valence-electron chi connectivity index (χ0n) is 15.6.